The smallest absolute Gasteiger partial charge is 0.126 e. The molecule has 0 radical (unpaired) electrons. The lowest BCUT2D eigenvalue weighted by Gasteiger charge is -2.15. The number of hydrogen-bond donors (Lipinski definition) is 0. The molecule has 0 spiro atoms. The normalized spacial score (nSPS) is 10.9. The van der Waals surface area contributed by atoms with Crippen LogP contribution >= 0.6 is 0 Å². The lowest BCUT2D eigenvalue weighted by Crippen LogP contribution is -2.08. The standard InChI is InChI=1S/C13H20O2/c1-9(2)14-12-7-6-11(5)13(8-12)15-10(3)4/h6-10H,1-5H3. The molecular formula is C13H20O2. The monoisotopic (exact) mass is 208 g/mol. The fraction of sp³-hybridized carbons (Fsp3) is 0.538. The average Bonchev–Trinajstić information content (AvgIpc) is 2.09. The van der Waals surface area contributed by atoms with Gasteiger partial charge >= 0.3 is 0 Å². The quantitative estimate of drug-likeness (QED) is 0.753. The molecule has 0 atom stereocenters. The van der Waals surface area contributed by atoms with Crippen LogP contribution in [0.3, 0.4) is 0 Å². The van der Waals surface area contributed by atoms with Crippen LogP contribution in [0.2, 0.25) is 0 Å². The minimum atomic E-state index is 0.193. The molecule has 1 aromatic carbocycles. The summed E-state index contributed by atoms with van der Waals surface area (Å²) >= 11 is 0. The van der Waals surface area contributed by atoms with Gasteiger partial charge in [-0.25, -0.2) is 0 Å². The molecule has 0 fully saturated rings. The molecule has 0 aliphatic carbocycles. The van der Waals surface area contributed by atoms with Crippen molar-refractivity contribution in [2.45, 2.75) is 46.8 Å². The predicted octanol–water partition coefficient (Wildman–Crippen LogP) is 3.57. The summed E-state index contributed by atoms with van der Waals surface area (Å²) in [7, 11) is 0. The fourth-order valence-corrected chi connectivity index (χ4v) is 1.31. The molecule has 0 aliphatic heterocycles. The van der Waals surface area contributed by atoms with Crippen molar-refractivity contribution in [3.05, 3.63) is 23.8 Å². The van der Waals surface area contributed by atoms with Gasteiger partial charge in [0.05, 0.1) is 12.2 Å². The zero-order valence-electron chi connectivity index (χ0n) is 10.2. The summed E-state index contributed by atoms with van der Waals surface area (Å²) in [6.07, 6.45) is 0.387. The maximum Gasteiger partial charge on any atom is 0.126 e. The molecule has 0 aromatic heterocycles. The maximum absolute atomic E-state index is 5.69. The van der Waals surface area contributed by atoms with Crippen LogP contribution in [0.1, 0.15) is 33.3 Å². The van der Waals surface area contributed by atoms with Crippen molar-refractivity contribution in [3.63, 3.8) is 0 Å². The zero-order chi connectivity index (χ0) is 11.4. The van der Waals surface area contributed by atoms with Gasteiger partial charge in [0, 0.05) is 6.07 Å². The molecule has 0 N–H and O–H groups in total. The van der Waals surface area contributed by atoms with E-state index in [-0.39, 0.29) is 12.2 Å². The van der Waals surface area contributed by atoms with Gasteiger partial charge < -0.3 is 9.47 Å². The van der Waals surface area contributed by atoms with E-state index in [1.807, 2.05) is 52.8 Å². The fourth-order valence-electron chi connectivity index (χ4n) is 1.31. The van der Waals surface area contributed by atoms with Gasteiger partial charge in [-0.15, -0.1) is 0 Å². The first-order chi connectivity index (χ1) is 6.99. The van der Waals surface area contributed by atoms with Crippen LogP contribution in [0.15, 0.2) is 18.2 Å². The second kappa shape index (κ2) is 5.06. The van der Waals surface area contributed by atoms with Crippen molar-refractivity contribution in [3.8, 4) is 11.5 Å². The molecular weight excluding hydrogens is 188 g/mol. The van der Waals surface area contributed by atoms with Crippen LogP contribution < -0.4 is 9.47 Å². The van der Waals surface area contributed by atoms with Gasteiger partial charge in [-0.05, 0) is 46.2 Å². The van der Waals surface area contributed by atoms with E-state index in [2.05, 4.69) is 0 Å². The van der Waals surface area contributed by atoms with Crippen molar-refractivity contribution in [1.29, 1.82) is 0 Å². The van der Waals surface area contributed by atoms with Crippen molar-refractivity contribution in [2.75, 3.05) is 0 Å². The van der Waals surface area contributed by atoms with Crippen LogP contribution in [-0.2, 0) is 0 Å². The van der Waals surface area contributed by atoms with Gasteiger partial charge in [-0.1, -0.05) is 6.07 Å². The summed E-state index contributed by atoms with van der Waals surface area (Å²) < 4.78 is 11.3. The number of ether oxygens (including phenoxy) is 2. The van der Waals surface area contributed by atoms with Crippen molar-refractivity contribution < 1.29 is 9.47 Å². The minimum Gasteiger partial charge on any atom is -0.491 e. The Labute approximate surface area is 92.2 Å². The number of benzene rings is 1. The Hall–Kier alpha value is -1.18. The first-order valence-electron chi connectivity index (χ1n) is 5.43. The van der Waals surface area contributed by atoms with Crippen LogP contribution in [0.25, 0.3) is 0 Å². The molecule has 1 rings (SSSR count). The highest BCUT2D eigenvalue weighted by atomic mass is 16.5. The van der Waals surface area contributed by atoms with E-state index in [9.17, 15) is 0 Å². The summed E-state index contributed by atoms with van der Waals surface area (Å²) in [5.74, 6) is 1.77. The number of hydrogen-bond acceptors (Lipinski definition) is 2. The molecule has 0 amide bonds. The molecule has 0 saturated carbocycles. The van der Waals surface area contributed by atoms with Crippen molar-refractivity contribution in [2.24, 2.45) is 0 Å². The molecule has 0 aliphatic rings. The molecule has 0 heterocycles. The Morgan fingerprint density at radius 3 is 2.07 bits per heavy atom. The first-order valence-corrected chi connectivity index (χ1v) is 5.43. The lowest BCUT2D eigenvalue weighted by atomic mass is 10.2. The van der Waals surface area contributed by atoms with Gasteiger partial charge in [-0.2, -0.15) is 0 Å². The average molecular weight is 208 g/mol. The highest BCUT2D eigenvalue weighted by molar-refractivity contribution is 5.40. The van der Waals surface area contributed by atoms with Gasteiger partial charge in [0.2, 0.25) is 0 Å². The summed E-state index contributed by atoms with van der Waals surface area (Å²) in [6, 6.07) is 5.95. The van der Waals surface area contributed by atoms with Crippen LogP contribution in [0, 0.1) is 6.92 Å². The molecule has 2 nitrogen and oxygen atoms in total. The summed E-state index contributed by atoms with van der Waals surface area (Å²) in [4.78, 5) is 0. The Bertz CT molecular complexity index is 316. The zero-order valence-corrected chi connectivity index (χ0v) is 10.2. The second-order valence-corrected chi connectivity index (χ2v) is 4.26. The minimum absolute atomic E-state index is 0.193. The molecule has 2 heteroatoms. The Morgan fingerprint density at radius 2 is 1.53 bits per heavy atom. The molecule has 84 valence electrons. The van der Waals surface area contributed by atoms with E-state index in [1.165, 1.54) is 0 Å². The summed E-state index contributed by atoms with van der Waals surface area (Å²) in [5.41, 5.74) is 1.14. The summed E-state index contributed by atoms with van der Waals surface area (Å²) in [6.45, 7) is 10.1. The Morgan fingerprint density at radius 1 is 0.933 bits per heavy atom. The summed E-state index contributed by atoms with van der Waals surface area (Å²) in [5, 5.41) is 0. The SMILES string of the molecule is Cc1ccc(OC(C)C)cc1OC(C)C. The van der Waals surface area contributed by atoms with Crippen LogP contribution in [-0.4, -0.2) is 12.2 Å². The lowest BCUT2D eigenvalue weighted by molar-refractivity contribution is 0.228. The van der Waals surface area contributed by atoms with E-state index in [4.69, 9.17) is 9.47 Å². The topological polar surface area (TPSA) is 18.5 Å². The van der Waals surface area contributed by atoms with Gasteiger partial charge in [0.1, 0.15) is 11.5 Å². The predicted molar refractivity (Wildman–Crippen MR) is 62.7 cm³/mol. The van der Waals surface area contributed by atoms with E-state index < -0.39 is 0 Å². The van der Waals surface area contributed by atoms with E-state index in [0.29, 0.717) is 0 Å². The van der Waals surface area contributed by atoms with Crippen LogP contribution in [0.4, 0.5) is 0 Å². The van der Waals surface area contributed by atoms with E-state index in [0.717, 1.165) is 17.1 Å². The second-order valence-electron chi connectivity index (χ2n) is 4.26. The van der Waals surface area contributed by atoms with Gasteiger partial charge in [-0.3, -0.25) is 0 Å². The van der Waals surface area contributed by atoms with E-state index in [1.54, 1.807) is 0 Å². The molecule has 15 heavy (non-hydrogen) atoms. The Kier molecular flexibility index (Phi) is 4.01. The number of aryl methyl sites for hydroxylation is 1. The van der Waals surface area contributed by atoms with Crippen molar-refractivity contribution in [1.82, 2.24) is 0 Å². The van der Waals surface area contributed by atoms with E-state index >= 15 is 0 Å². The molecule has 0 bridgehead atoms. The van der Waals surface area contributed by atoms with Crippen molar-refractivity contribution >= 4 is 0 Å². The van der Waals surface area contributed by atoms with Gasteiger partial charge in [0.15, 0.2) is 0 Å². The highest BCUT2D eigenvalue weighted by Crippen LogP contribution is 2.25. The third kappa shape index (κ3) is 3.82. The van der Waals surface area contributed by atoms with Crippen LogP contribution in [0.5, 0.6) is 11.5 Å². The Balaban J connectivity index is 2.85. The highest BCUT2D eigenvalue weighted by Gasteiger charge is 2.05. The molecule has 1 aromatic rings. The molecule has 0 saturated heterocycles. The largest absolute Gasteiger partial charge is 0.491 e. The van der Waals surface area contributed by atoms with Gasteiger partial charge in [0.25, 0.3) is 0 Å². The first kappa shape index (κ1) is 11.9. The third-order valence-corrected chi connectivity index (χ3v) is 1.89. The third-order valence-electron chi connectivity index (χ3n) is 1.89. The maximum atomic E-state index is 5.69. The number of rotatable bonds is 4. The molecule has 0 unspecified atom stereocenters.